The molecule has 0 aliphatic heterocycles. The van der Waals surface area contributed by atoms with E-state index in [1.807, 2.05) is 0 Å². The molecule has 0 fully saturated rings. The summed E-state index contributed by atoms with van der Waals surface area (Å²) in [5.41, 5.74) is -0.542. The Balaban J connectivity index is 2.06. The maximum absolute atomic E-state index is 12.6. The third-order valence-corrected chi connectivity index (χ3v) is 4.70. The maximum Gasteiger partial charge on any atom is 0.265 e. The lowest BCUT2D eigenvalue weighted by Crippen LogP contribution is -2.25. The number of carbonyl (C=O) groups is 2. The SMILES string of the molecule is CC(=O)CCC(=O)c1c(O)c2ccc(Oc3ccccc3Cl)cc2n(C)c1=O. The average molecular weight is 400 g/mol. The minimum Gasteiger partial charge on any atom is -0.506 e. The molecule has 1 aromatic heterocycles. The van der Waals surface area contributed by atoms with Gasteiger partial charge in [0.25, 0.3) is 5.56 Å². The number of aromatic hydroxyl groups is 1. The van der Waals surface area contributed by atoms with Gasteiger partial charge >= 0.3 is 0 Å². The van der Waals surface area contributed by atoms with E-state index in [1.54, 1.807) is 42.5 Å². The van der Waals surface area contributed by atoms with Gasteiger partial charge in [-0.3, -0.25) is 9.59 Å². The number of hydrogen-bond donors (Lipinski definition) is 1. The summed E-state index contributed by atoms with van der Waals surface area (Å²) in [4.78, 5) is 36.1. The molecule has 7 heteroatoms. The summed E-state index contributed by atoms with van der Waals surface area (Å²) in [7, 11) is 1.51. The first kappa shape index (κ1) is 19.6. The number of Topliss-reactive ketones (excluding diaryl/α,β-unsaturated/α-hetero) is 2. The van der Waals surface area contributed by atoms with Gasteiger partial charge in [-0.25, -0.2) is 0 Å². The summed E-state index contributed by atoms with van der Waals surface area (Å²) in [6.07, 6.45) is -0.110. The quantitative estimate of drug-likeness (QED) is 0.626. The molecule has 1 heterocycles. The molecular weight excluding hydrogens is 382 g/mol. The number of nitrogens with zero attached hydrogens (tertiary/aromatic N) is 1. The molecule has 0 spiro atoms. The Labute approximate surface area is 165 Å². The number of hydrogen-bond acceptors (Lipinski definition) is 5. The van der Waals surface area contributed by atoms with Crippen LogP contribution in [0.4, 0.5) is 0 Å². The standard InChI is InChI=1S/C21H18ClNO5/c1-12(24)7-10-17(25)19-20(26)14-9-8-13(11-16(14)23(2)21(19)27)28-18-6-4-3-5-15(18)22/h3-6,8-9,11,26H,7,10H2,1-2H3. The van der Waals surface area contributed by atoms with Crippen LogP contribution >= 0.6 is 11.6 Å². The van der Waals surface area contributed by atoms with Crippen molar-refractivity contribution in [3.63, 3.8) is 0 Å². The molecule has 28 heavy (non-hydrogen) atoms. The van der Waals surface area contributed by atoms with Gasteiger partial charge in [-0.2, -0.15) is 0 Å². The second kappa shape index (κ2) is 7.86. The van der Waals surface area contributed by atoms with Crippen LogP contribution in [-0.4, -0.2) is 21.2 Å². The van der Waals surface area contributed by atoms with Gasteiger partial charge in [0, 0.05) is 31.3 Å². The van der Waals surface area contributed by atoms with Gasteiger partial charge in [0.2, 0.25) is 0 Å². The van der Waals surface area contributed by atoms with Crippen molar-refractivity contribution in [1.82, 2.24) is 4.57 Å². The van der Waals surface area contributed by atoms with E-state index in [1.165, 1.54) is 18.5 Å². The van der Waals surface area contributed by atoms with Crippen LogP contribution in [0.15, 0.2) is 47.3 Å². The molecule has 0 unspecified atom stereocenters. The van der Waals surface area contributed by atoms with Gasteiger partial charge < -0.3 is 19.2 Å². The van der Waals surface area contributed by atoms with Crippen molar-refractivity contribution in [3.05, 3.63) is 63.4 Å². The zero-order chi connectivity index (χ0) is 20.4. The van der Waals surface area contributed by atoms with E-state index in [2.05, 4.69) is 0 Å². The van der Waals surface area contributed by atoms with Crippen LogP contribution in [0.3, 0.4) is 0 Å². The number of aromatic nitrogens is 1. The minimum atomic E-state index is -0.631. The average Bonchev–Trinajstić information content (AvgIpc) is 2.66. The van der Waals surface area contributed by atoms with Gasteiger partial charge in [-0.05, 0) is 31.2 Å². The van der Waals surface area contributed by atoms with Gasteiger partial charge in [0.05, 0.1) is 10.5 Å². The lowest BCUT2D eigenvalue weighted by Gasteiger charge is -2.13. The highest BCUT2D eigenvalue weighted by Crippen LogP contribution is 2.33. The van der Waals surface area contributed by atoms with Crippen LogP contribution in [0.5, 0.6) is 17.2 Å². The summed E-state index contributed by atoms with van der Waals surface area (Å²) < 4.78 is 7.03. The number of rotatable bonds is 6. The highest BCUT2D eigenvalue weighted by Gasteiger charge is 2.21. The van der Waals surface area contributed by atoms with E-state index < -0.39 is 17.1 Å². The fraction of sp³-hybridized carbons (Fsp3) is 0.190. The van der Waals surface area contributed by atoms with E-state index in [4.69, 9.17) is 16.3 Å². The molecule has 144 valence electrons. The van der Waals surface area contributed by atoms with Crippen LogP contribution in [-0.2, 0) is 11.8 Å². The second-order valence-electron chi connectivity index (χ2n) is 6.42. The maximum atomic E-state index is 12.6. The first-order valence-electron chi connectivity index (χ1n) is 8.60. The minimum absolute atomic E-state index is 0.0179. The van der Waals surface area contributed by atoms with Crippen molar-refractivity contribution >= 4 is 34.1 Å². The molecule has 3 rings (SSSR count). The molecule has 0 aliphatic rings. The summed E-state index contributed by atoms with van der Waals surface area (Å²) in [5, 5.41) is 11.3. The topological polar surface area (TPSA) is 85.6 Å². The molecular formula is C21H18ClNO5. The Morgan fingerprint density at radius 3 is 2.54 bits per heavy atom. The zero-order valence-corrected chi connectivity index (χ0v) is 16.1. The molecule has 0 bridgehead atoms. The fourth-order valence-corrected chi connectivity index (χ4v) is 3.06. The van der Waals surface area contributed by atoms with Crippen molar-refractivity contribution in [2.24, 2.45) is 7.05 Å². The highest BCUT2D eigenvalue weighted by atomic mass is 35.5. The number of carbonyl (C=O) groups excluding carboxylic acids is 2. The van der Waals surface area contributed by atoms with Gasteiger partial charge in [-0.1, -0.05) is 23.7 Å². The third-order valence-electron chi connectivity index (χ3n) is 4.39. The molecule has 3 aromatic rings. The van der Waals surface area contributed by atoms with E-state index in [0.29, 0.717) is 27.4 Å². The third kappa shape index (κ3) is 3.77. The van der Waals surface area contributed by atoms with Crippen molar-refractivity contribution in [2.75, 3.05) is 0 Å². The largest absolute Gasteiger partial charge is 0.506 e. The Morgan fingerprint density at radius 1 is 1.14 bits per heavy atom. The Hall–Kier alpha value is -3.12. The molecule has 0 radical (unpaired) electrons. The van der Waals surface area contributed by atoms with Crippen molar-refractivity contribution < 1.29 is 19.4 Å². The number of halogens is 1. The smallest absolute Gasteiger partial charge is 0.265 e. The van der Waals surface area contributed by atoms with Crippen LogP contribution < -0.4 is 10.3 Å². The highest BCUT2D eigenvalue weighted by molar-refractivity contribution is 6.32. The van der Waals surface area contributed by atoms with E-state index >= 15 is 0 Å². The predicted octanol–water partition coefficient (Wildman–Crippen LogP) is 4.24. The zero-order valence-electron chi connectivity index (χ0n) is 15.4. The molecule has 0 saturated heterocycles. The van der Waals surface area contributed by atoms with Crippen LogP contribution in [0.1, 0.15) is 30.1 Å². The van der Waals surface area contributed by atoms with Crippen molar-refractivity contribution in [1.29, 1.82) is 0 Å². The van der Waals surface area contributed by atoms with Crippen molar-refractivity contribution in [3.8, 4) is 17.2 Å². The number of fused-ring (bicyclic) bond motifs is 1. The molecule has 6 nitrogen and oxygen atoms in total. The Kier molecular flexibility index (Phi) is 5.51. The van der Waals surface area contributed by atoms with E-state index in [9.17, 15) is 19.5 Å². The van der Waals surface area contributed by atoms with E-state index in [0.717, 1.165) is 0 Å². The summed E-state index contributed by atoms with van der Waals surface area (Å²) in [6.45, 7) is 1.37. The monoisotopic (exact) mass is 399 g/mol. The second-order valence-corrected chi connectivity index (χ2v) is 6.83. The first-order chi connectivity index (χ1) is 13.3. The molecule has 2 aromatic carbocycles. The fourth-order valence-electron chi connectivity index (χ4n) is 2.89. The predicted molar refractivity (Wildman–Crippen MR) is 107 cm³/mol. The lowest BCUT2D eigenvalue weighted by atomic mass is 10.0. The molecule has 0 amide bonds. The van der Waals surface area contributed by atoms with Crippen LogP contribution in [0.2, 0.25) is 5.02 Å². The number of benzene rings is 2. The number of ether oxygens (including phenoxy) is 1. The van der Waals surface area contributed by atoms with Crippen LogP contribution in [0.25, 0.3) is 10.9 Å². The van der Waals surface area contributed by atoms with Gasteiger partial charge in [-0.15, -0.1) is 0 Å². The van der Waals surface area contributed by atoms with Crippen LogP contribution in [0, 0.1) is 0 Å². The normalized spacial score (nSPS) is 10.8. The van der Waals surface area contributed by atoms with Crippen molar-refractivity contribution in [2.45, 2.75) is 19.8 Å². The van der Waals surface area contributed by atoms with E-state index in [-0.39, 0.29) is 24.2 Å². The number of aryl methyl sites for hydroxylation is 1. The number of ketones is 2. The van der Waals surface area contributed by atoms with Gasteiger partial charge in [0.15, 0.2) is 5.78 Å². The van der Waals surface area contributed by atoms with Gasteiger partial charge in [0.1, 0.15) is 28.6 Å². The molecule has 0 saturated carbocycles. The summed E-state index contributed by atoms with van der Waals surface area (Å²) >= 11 is 6.10. The number of pyridine rings is 1. The lowest BCUT2D eigenvalue weighted by molar-refractivity contribution is -0.116. The molecule has 0 aliphatic carbocycles. The first-order valence-corrected chi connectivity index (χ1v) is 8.98. The summed E-state index contributed by atoms with van der Waals surface area (Å²) in [6, 6.07) is 11.7. The Bertz CT molecular complexity index is 1150. The molecule has 1 N–H and O–H groups in total. The Morgan fingerprint density at radius 2 is 1.86 bits per heavy atom. The number of para-hydroxylation sites is 1. The molecule has 0 atom stereocenters. The summed E-state index contributed by atoms with van der Waals surface area (Å²) in [5.74, 6) is -0.242.